The lowest BCUT2D eigenvalue weighted by atomic mass is 10.1. The second kappa shape index (κ2) is 9.09. The zero-order valence-electron chi connectivity index (χ0n) is 16.9. The first-order chi connectivity index (χ1) is 14.6. The first-order valence-corrected chi connectivity index (χ1v) is 10.6. The summed E-state index contributed by atoms with van der Waals surface area (Å²) >= 11 is 5.35. The highest BCUT2D eigenvalue weighted by Crippen LogP contribution is 2.37. The molecule has 0 aliphatic heterocycles. The Hall–Kier alpha value is -3.18. The molecule has 3 aromatic rings. The average molecular weight is 417 g/mol. The van der Waals surface area contributed by atoms with Gasteiger partial charge in [0.15, 0.2) is 5.11 Å². The van der Waals surface area contributed by atoms with Gasteiger partial charge in [-0.2, -0.15) is 0 Å². The average Bonchev–Trinajstić information content (AvgIpc) is 3.12. The number of hydrogen-bond donors (Lipinski definition) is 2. The molecule has 0 bridgehead atoms. The fourth-order valence-electron chi connectivity index (χ4n) is 3.62. The monoisotopic (exact) mass is 416 g/mol. The van der Waals surface area contributed by atoms with E-state index in [1.165, 1.54) is 22.3 Å². The van der Waals surface area contributed by atoms with Crippen LogP contribution < -0.4 is 15.4 Å². The van der Waals surface area contributed by atoms with Crippen molar-refractivity contribution in [3.8, 4) is 16.9 Å². The van der Waals surface area contributed by atoms with Crippen molar-refractivity contribution in [3.63, 3.8) is 0 Å². The van der Waals surface area contributed by atoms with Crippen LogP contribution in [0.4, 0.5) is 5.69 Å². The number of carbonyl (C=O) groups excluding carboxylic acids is 1. The number of rotatable bonds is 6. The van der Waals surface area contributed by atoms with Gasteiger partial charge in [-0.05, 0) is 77.6 Å². The Balaban J connectivity index is 1.38. The van der Waals surface area contributed by atoms with E-state index in [2.05, 4.69) is 54.0 Å². The fraction of sp³-hybridized carbons (Fsp3) is 0.200. The molecule has 152 valence electrons. The number of hydrogen-bond acceptors (Lipinski definition) is 3. The van der Waals surface area contributed by atoms with Crippen molar-refractivity contribution < 1.29 is 9.53 Å². The van der Waals surface area contributed by atoms with Crippen LogP contribution in [0.3, 0.4) is 0 Å². The summed E-state index contributed by atoms with van der Waals surface area (Å²) in [6.07, 6.45) is 2.95. The maximum atomic E-state index is 12.6. The third kappa shape index (κ3) is 4.52. The fourth-order valence-corrected chi connectivity index (χ4v) is 3.83. The molecule has 0 atom stereocenters. The van der Waals surface area contributed by atoms with Crippen molar-refractivity contribution in [3.05, 3.63) is 83.4 Å². The molecular weight excluding hydrogens is 392 g/mol. The first-order valence-electron chi connectivity index (χ1n) is 10.2. The molecule has 4 nitrogen and oxygen atoms in total. The van der Waals surface area contributed by atoms with Crippen molar-refractivity contribution in [1.82, 2.24) is 5.32 Å². The van der Waals surface area contributed by atoms with Crippen molar-refractivity contribution in [1.29, 1.82) is 0 Å². The Kier molecular flexibility index (Phi) is 6.10. The quantitative estimate of drug-likeness (QED) is 0.319. The van der Waals surface area contributed by atoms with Gasteiger partial charge < -0.3 is 10.1 Å². The van der Waals surface area contributed by atoms with Crippen LogP contribution in [-0.4, -0.2) is 17.6 Å². The minimum atomic E-state index is -0.262. The van der Waals surface area contributed by atoms with Crippen LogP contribution in [0, 0.1) is 0 Å². The summed E-state index contributed by atoms with van der Waals surface area (Å²) in [5, 5.41) is 6.14. The largest absolute Gasteiger partial charge is 0.494 e. The lowest BCUT2D eigenvalue weighted by Gasteiger charge is -2.12. The van der Waals surface area contributed by atoms with E-state index in [-0.39, 0.29) is 11.0 Å². The van der Waals surface area contributed by atoms with Crippen molar-refractivity contribution in [2.24, 2.45) is 0 Å². The zero-order chi connectivity index (χ0) is 20.9. The van der Waals surface area contributed by atoms with Gasteiger partial charge in [0.25, 0.3) is 5.91 Å². The number of benzene rings is 3. The molecular formula is C25H24N2O2S. The van der Waals surface area contributed by atoms with Crippen molar-refractivity contribution in [2.75, 3.05) is 11.9 Å². The lowest BCUT2D eigenvalue weighted by Crippen LogP contribution is -2.34. The molecule has 1 aliphatic rings. The van der Waals surface area contributed by atoms with E-state index in [0.717, 1.165) is 24.9 Å². The summed E-state index contributed by atoms with van der Waals surface area (Å²) in [7, 11) is 0. The number of carbonyl (C=O) groups is 1. The van der Waals surface area contributed by atoms with E-state index >= 15 is 0 Å². The molecule has 1 amide bonds. The third-order valence-electron chi connectivity index (χ3n) is 5.14. The number of ether oxygens (including phenoxy) is 1. The van der Waals surface area contributed by atoms with E-state index in [4.69, 9.17) is 17.0 Å². The number of fused-ring (bicyclic) bond motifs is 3. The van der Waals surface area contributed by atoms with Gasteiger partial charge in [0.1, 0.15) is 5.75 Å². The summed E-state index contributed by atoms with van der Waals surface area (Å²) in [6, 6.07) is 21.8. The van der Waals surface area contributed by atoms with E-state index in [1.807, 2.05) is 18.2 Å². The molecule has 3 aromatic carbocycles. The molecule has 0 heterocycles. The van der Waals surface area contributed by atoms with Crippen molar-refractivity contribution >= 4 is 28.9 Å². The smallest absolute Gasteiger partial charge is 0.257 e. The summed E-state index contributed by atoms with van der Waals surface area (Å²) in [6.45, 7) is 2.75. The molecule has 0 saturated carbocycles. The summed E-state index contributed by atoms with van der Waals surface area (Å²) < 4.78 is 5.68. The Labute approximate surface area is 182 Å². The van der Waals surface area contributed by atoms with Crippen LogP contribution >= 0.6 is 12.2 Å². The lowest BCUT2D eigenvalue weighted by molar-refractivity contribution is 0.0977. The highest BCUT2D eigenvalue weighted by molar-refractivity contribution is 7.80. The van der Waals surface area contributed by atoms with E-state index < -0.39 is 0 Å². The Bertz CT molecular complexity index is 1090. The summed E-state index contributed by atoms with van der Waals surface area (Å²) in [5.41, 5.74) is 6.51. The van der Waals surface area contributed by atoms with Gasteiger partial charge in [-0.15, -0.1) is 0 Å². The van der Waals surface area contributed by atoms with Gasteiger partial charge in [0.2, 0.25) is 0 Å². The van der Waals surface area contributed by atoms with Gasteiger partial charge in [0, 0.05) is 11.3 Å². The Morgan fingerprint density at radius 2 is 1.83 bits per heavy atom. The Morgan fingerprint density at radius 3 is 2.70 bits per heavy atom. The predicted molar refractivity (Wildman–Crippen MR) is 125 cm³/mol. The first kappa shape index (κ1) is 20.1. The number of thiocarbonyl (C=S) groups is 1. The molecule has 0 spiro atoms. The SMILES string of the molecule is CCCCOc1cccc(C(=O)NC(=S)Nc2ccc3c(c2)Cc2ccccc2-3)c1. The normalized spacial score (nSPS) is 11.4. The van der Waals surface area contributed by atoms with Crippen LogP contribution in [0.15, 0.2) is 66.7 Å². The van der Waals surface area contributed by atoms with Crippen LogP contribution in [0.2, 0.25) is 0 Å². The van der Waals surface area contributed by atoms with Gasteiger partial charge in [-0.25, -0.2) is 0 Å². The maximum Gasteiger partial charge on any atom is 0.257 e. The number of amides is 1. The van der Waals surface area contributed by atoms with Gasteiger partial charge in [-0.3, -0.25) is 10.1 Å². The molecule has 0 radical (unpaired) electrons. The second-order valence-electron chi connectivity index (χ2n) is 7.34. The van der Waals surface area contributed by atoms with Gasteiger partial charge in [0.05, 0.1) is 6.61 Å². The maximum absolute atomic E-state index is 12.6. The summed E-state index contributed by atoms with van der Waals surface area (Å²) in [4.78, 5) is 12.6. The molecule has 0 fully saturated rings. The molecule has 0 unspecified atom stereocenters. The van der Waals surface area contributed by atoms with Crippen LogP contribution in [-0.2, 0) is 6.42 Å². The van der Waals surface area contributed by atoms with Crippen molar-refractivity contribution in [2.45, 2.75) is 26.2 Å². The number of nitrogens with one attached hydrogen (secondary N) is 2. The van der Waals surface area contributed by atoms with Crippen LogP contribution in [0.1, 0.15) is 41.3 Å². The molecule has 0 saturated heterocycles. The van der Waals surface area contributed by atoms with Gasteiger partial charge in [-0.1, -0.05) is 49.7 Å². The standard InChI is InChI=1S/C25H24N2O2S/c1-2-3-13-29-21-9-6-8-18(16-21)24(28)27-25(30)26-20-11-12-23-19(15-20)14-17-7-4-5-10-22(17)23/h4-12,15-16H,2-3,13-14H2,1H3,(H2,26,27,28,30). The Morgan fingerprint density at radius 1 is 1.00 bits per heavy atom. The zero-order valence-corrected chi connectivity index (χ0v) is 17.7. The highest BCUT2D eigenvalue weighted by Gasteiger charge is 2.18. The molecule has 0 aromatic heterocycles. The molecule has 30 heavy (non-hydrogen) atoms. The topological polar surface area (TPSA) is 50.4 Å². The second-order valence-corrected chi connectivity index (χ2v) is 7.75. The van der Waals surface area contributed by atoms with E-state index in [0.29, 0.717) is 17.9 Å². The highest BCUT2D eigenvalue weighted by atomic mass is 32.1. The van der Waals surface area contributed by atoms with Crippen LogP contribution in [0.5, 0.6) is 5.75 Å². The third-order valence-corrected chi connectivity index (χ3v) is 5.35. The number of unbranched alkanes of at least 4 members (excludes halogenated alkanes) is 1. The minimum Gasteiger partial charge on any atom is -0.494 e. The van der Waals surface area contributed by atoms with Crippen LogP contribution in [0.25, 0.3) is 11.1 Å². The summed E-state index contributed by atoms with van der Waals surface area (Å²) in [5.74, 6) is 0.426. The van der Waals surface area contributed by atoms with E-state index in [9.17, 15) is 4.79 Å². The van der Waals surface area contributed by atoms with E-state index in [1.54, 1.807) is 12.1 Å². The molecule has 1 aliphatic carbocycles. The number of anilines is 1. The predicted octanol–water partition coefficient (Wildman–Crippen LogP) is 5.56. The minimum absolute atomic E-state index is 0.262. The molecule has 2 N–H and O–H groups in total. The van der Waals surface area contributed by atoms with Gasteiger partial charge >= 0.3 is 0 Å². The molecule has 4 rings (SSSR count). The molecule has 5 heteroatoms.